The first kappa shape index (κ1) is 17.2. The second-order valence-corrected chi connectivity index (χ2v) is 6.23. The lowest BCUT2D eigenvalue weighted by molar-refractivity contribution is 0.0611. The number of benzene rings is 1. The van der Waals surface area contributed by atoms with Gasteiger partial charge in [-0.15, -0.1) is 0 Å². The van der Waals surface area contributed by atoms with Crippen molar-refractivity contribution in [1.29, 1.82) is 0 Å². The van der Waals surface area contributed by atoms with E-state index in [0.717, 1.165) is 26.0 Å². The SMILES string of the molecule is CCCNC(COC(C)C)c1cccc(CC(C)C)c1. The molecule has 0 bridgehead atoms. The summed E-state index contributed by atoms with van der Waals surface area (Å²) in [6.07, 6.45) is 2.56. The van der Waals surface area contributed by atoms with Gasteiger partial charge >= 0.3 is 0 Å². The van der Waals surface area contributed by atoms with E-state index in [4.69, 9.17) is 4.74 Å². The maximum atomic E-state index is 5.81. The molecule has 0 spiro atoms. The third kappa shape index (κ3) is 6.53. The molecule has 0 radical (unpaired) electrons. The first-order valence-electron chi connectivity index (χ1n) is 7.96. The number of hydrogen-bond donors (Lipinski definition) is 1. The van der Waals surface area contributed by atoms with Crippen LogP contribution in [-0.2, 0) is 11.2 Å². The maximum Gasteiger partial charge on any atom is 0.0664 e. The van der Waals surface area contributed by atoms with Gasteiger partial charge in [-0.2, -0.15) is 0 Å². The number of ether oxygens (including phenoxy) is 1. The van der Waals surface area contributed by atoms with E-state index in [0.29, 0.717) is 12.0 Å². The van der Waals surface area contributed by atoms with Crippen LogP contribution in [0, 0.1) is 5.92 Å². The van der Waals surface area contributed by atoms with Gasteiger partial charge in [0.25, 0.3) is 0 Å². The zero-order valence-corrected chi connectivity index (χ0v) is 13.8. The standard InChI is InChI=1S/C18H31NO/c1-6-10-19-18(13-20-15(4)5)17-9-7-8-16(12-17)11-14(2)3/h7-9,12,14-15,18-19H,6,10-11,13H2,1-5H3. The van der Waals surface area contributed by atoms with Crippen LogP contribution in [-0.4, -0.2) is 19.3 Å². The minimum absolute atomic E-state index is 0.278. The molecule has 0 heterocycles. The van der Waals surface area contributed by atoms with Gasteiger partial charge < -0.3 is 10.1 Å². The van der Waals surface area contributed by atoms with Gasteiger partial charge in [0, 0.05) is 0 Å². The van der Waals surface area contributed by atoms with Crippen molar-refractivity contribution in [2.45, 2.75) is 59.6 Å². The van der Waals surface area contributed by atoms with Crippen molar-refractivity contribution >= 4 is 0 Å². The fourth-order valence-electron chi connectivity index (χ4n) is 2.29. The summed E-state index contributed by atoms with van der Waals surface area (Å²) in [5.74, 6) is 0.694. The smallest absolute Gasteiger partial charge is 0.0664 e. The Hall–Kier alpha value is -0.860. The monoisotopic (exact) mass is 277 g/mol. The predicted octanol–water partition coefficient (Wildman–Crippen LogP) is 4.35. The highest BCUT2D eigenvalue weighted by Gasteiger charge is 2.12. The predicted molar refractivity (Wildman–Crippen MR) is 87.1 cm³/mol. The molecule has 0 aromatic heterocycles. The first-order chi connectivity index (χ1) is 9.52. The van der Waals surface area contributed by atoms with Crippen LogP contribution in [0.3, 0.4) is 0 Å². The van der Waals surface area contributed by atoms with Crippen LogP contribution in [0.25, 0.3) is 0 Å². The van der Waals surface area contributed by atoms with Gasteiger partial charge in [0.2, 0.25) is 0 Å². The Morgan fingerprint density at radius 3 is 2.50 bits per heavy atom. The zero-order chi connectivity index (χ0) is 15.0. The summed E-state index contributed by atoms with van der Waals surface area (Å²) in [5, 5.41) is 3.60. The highest BCUT2D eigenvalue weighted by atomic mass is 16.5. The highest BCUT2D eigenvalue weighted by Crippen LogP contribution is 2.18. The molecule has 1 aromatic carbocycles. The molecule has 0 aliphatic heterocycles. The Morgan fingerprint density at radius 1 is 1.15 bits per heavy atom. The van der Waals surface area contributed by atoms with Gasteiger partial charge in [-0.05, 0) is 50.3 Å². The van der Waals surface area contributed by atoms with Gasteiger partial charge in [0.05, 0.1) is 18.8 Å². The van der Waals surface area contributed by atoms with Crippen LogP contribution in [0.15, 0.2) is 24.3 Å². The average Bonchev–Trinajstić information content (AvgIpc) is 2.38. The van der Waals surface area contributed by atoms with Crippen molar-refractivity contribution < 1.29 is 4.74 Å². The molecule has 20 heavy (non-hydrogen) atoms. The molecule has 1 atom stereocenters. The van der Waals surface area contributed by atoms with Crippen molar-refractivity contribution in [1.82, 2.24) is 5.32 Å². The normalized spacial score (nSPS) is 13.2. The molecule has 1 rings (SSSR count). The van der Waals surface area contributed by atoms with Crippen molar-refractivity contribution in [3.8, 4) is 0 Å². The van der Waals surface area contributed by atoms with Gasteiger partial charge in [-0.1, -0.05) is 45.0 Å². The van der Waals surface area contributed by atoms with Gasteiger partial charge in [-0.3, -0.25) is 0 Å². The van der Waals surface area contributed by atoms with Crippen LogP contribution in [0.4, 0.5) is 0 Å². The Labute approximate surface area is 124 Å². The third-order valence-corrected chi connectivity index (χ3v) is 3.23. The molecule has 1 N–H and O–H groups in total. The summed E-state index contributed by atoms with van der Waals surface area (Å²) in [6.45, 7) is 12.7. The van der Waals surface area contributed by atoms with E-state index in [1.54, 1.807) is 0 Å². The van der Waals surface area contributed by atoms with E-state index < -0.39 is 0 Å². The molecule has 0 fully saturated rings. The van der Waals surface area contributed by atoms with Crippen LogP contribution in [0.1, 0.15) is 58.2 Å². The zero-order valence-electron chi connectivity index (χ0n) is 13.8. The van der Waals surface area contributed by atoms with E-state index in [-0.39, 0.29) is 6.10 Å². The molecule has 2 heteroatoms. The quantitative estimate of drug-likeness (QED) is 0.724. The first-order valence-corrected chi connectivity index (χ1v) is 7.96. The van der Waals surface area contributed by atoms with Crippen LogP contribution in [0.5, 0.6) is 0 Å². The van der Waals surface area contributed by atoms with Crippen molar-refractivity contribution in [3.05, 3.63) is 35.4 Å². The van der Waals surface area contributed by atoms with Crippen molar-refractivity contribution in [3.63, 3.8) is 0 Å². The maximum absolute atomic E-state index is 5.81. The Balaban J connectivity index is 2.77. The Bertz CT molecular complexity index is 373. The van der Waals surface area contributed by atoms with E-state index in [1.807, 2.05) is 0 Å². The van der Waals surface area contributed by atoms with E-state index >= 15 is 0 Å². The summed E-state index contributed by atoms with van der Waals surface area (Å²) in [4.78, 5) is 0. The largest absolute Gasteiger partial charge is 0.377 e. The fraction of sp³-hybridized carbons (Fsp3) is 0.667. The summed E-state index contributed by atoms with van der Waals surface area (Å²) in [5.41, 5.74) is 2.77. The van der Waals surface area contributed by atoms with Crippen LogP contribution in [0.2, 0.25) is 0 Å². The molecular formula is C18H31NO. The second-order valence-electron chi connectivity index (χ2n) is 6.23. The van der Waals surface area contributed by atoms with Crippen LogP contribution < -0.4 is 5.32 Å². The Kier molecular flexibility index (Phi) is 7.86. The molecule has 1 aromatic rings. The fourth-order valence-corrected chi connectivity index (χ4v) is 2.29. The molecule has 0 amide bonds. The second kappa shape index (κ2) is 9.15. The summed E-state index contributed by atoms with van der Waals surface area (Å²) >= 11 is 0. The third-order valence-electron chi connectivity index (χ3n) is 3.23. The molecule has 1 unspecified atom stereocenters. The topological polar surface area (TPSA) is 21.3 Å². The number of hydrogen-bond acceptors (Lipinski definition) is 2. The number of rotatable bonds is 9. The average molecular weight is 277 g/mol. The van der Waals surface area contributed by atoms with Crippen LogP contribution >= 0.6 is 0 Å². The summed E-state index contributed by atoms with van der Waals surface area (Å²) in [7, 11) is 0. The van der Waals surface area contributed by atoms with Gasteiger partial charge in [-0.25, -0.2) is 0 Å². The lowest BCUT2D eigenvalue weighted by Gasteiger charge is -2.21. The molecule has 0 aliphatic carbocycles. The summed E-state index contributed by atoms with van der Waals surface area (Å²) in [6, 6.07) is 9.23. The molecular weight excluding hydrogens is 246 g/mol. The minimum Gasteiger partial charge on any atom is -0.377 e. The van der Waals surface area contributed by atoms with E-state index in [1.165, 1.54) is 11.1 Å². The van der Waals surface area contributed by atoms with Gasteiger partial charge in [0.1, 0.15) is 0 Å². The molecule has 0 saturated carbocycles. The Morgan fingerprint density at radius 2 is 1.90 bits per heavy atom. The van der Waals surface area contributed by atoms with Crippen molar-refractivity contribution in [2.24, 2.45) is 5.92 Å². The summed E-state index contributed by atoms with van der Waals surface area (Å²) < 4.78 is 5.81. The molecule has 2 nitrogen and oxygen atoms in total. The minimum atomic E-state index is 0.278. The highest BCUT2D eigenvalue weighted by molar-refractivity contribution is 5.26. The lowest BCUT2D eigenvalue weighted by atomic mass is 9.98. The lowest BCUT2D eigenvalue weighted by Crippen LogP contribution is -2.27. The molecule has 0 aliphatic rings. The van der Waals surface area contributed by atoms with E-state index in [2.05, 4.69) is 64.2 Å². The van der Waals surface area contributed by atoms with Crippen molar-refractivity contribution in [2.75, 3.05) is 13.2 Å². The molecule has 0 saturated heterocycles. The van der Waals surface area contributed by atoms with Gasteiger partial charge in [0.15, 0.2) is 0 Å². The molecule has 114 valence electrons. The van der Waals surface area contributed by atoms with E-state index in [9.17, 15) is 0 Å². The number of nitrogens with one attached hydrogen (secondary N) is 1.